The maximum absolute atomic E-state index is 12.7. The molecule has 0 heterocycles. The van der Waals surface area contributed by atoms with Gasteiger partial charge in [0.2, 0.25) is 0 Å². The van der Waals surface area contributed by atoms with Crippen molar-refractivity contribution in [2.75, 3.05) is 13.2 Å². The predicted octanol–water partition coefficient (Wildman–Crippen LogP) is 3.17. The summed E-state index contributed by atoms with van der Waals surface area (Å²) in [5.41, 5.74) is 0.824. The van der Waals surface area contributed by atoms with Gasteiger partial charge in [0.1, 0.15) is 17.3 Å². The summed E-state index contributed by atoms with van der Waals surface area (Å²) >= 11 is 0. The number of benzene rings is 2. The van der Waals surface area contributed by atoms with Gasteiger partial charge in [-0.2, -0.15) is 0 Å². The van der Waals surface area contributed by atoms with Crippen LogP contribution in [-0.2, 0) is 6.61 Å². The third kappa shape index (κ3) is 4.55. The van der Waals surface area contributed by atoms with Crippen LogP contribution in [0.25, 0.3) is 0 Å². The van der Waals surface area contributed by atoms with Crippen LogP contribution in [0.4, 0.5) is 4.39 Å². The van der Waals surface area contributed by atoms with Crippen molar-refractivity contribution in [3.05, 3.63) is 59.9 Å². The molecule has 0 aliphatic heterocycles. The zero-order chi connectivity index (χ0) is 14.2. The number of rotatable bonds is 7. The van der Waals surface area contributed by atoms with Gasteiger partial charge in [-0.1, -0.05) is 12.1 Å². The molecule has 0 atom stereocenters. The van der Waals surface area contributed by atoms with Gasteiger partial charge in [0, 0.05) is 6.42 Å². The van der Waals surface area contributed by atoms with Crippen LogP contribution >= 0.6 is 0 Å². The van der Waals surface area contributed by atoms with E-state index in [9.17, 15) is 4.39 Å². The number of ether oxygens (including phenoxy) is 2. The van der Waals surface area contributed by atoms with Crippen molar-refractivity contribution < 1.29 is 19.0 Å². The molecule has 0 radical (unpaired) electrons. The molecule has 20 heavy (non-hydrogen) atoms. The summed E-state index contributed by atoms with van der Waals surface area (Å²) in [6.45, 7) is 1.03. The molecule has 0 aliphatic carbocycles. The first-order valence-electron chi connectivity index (χ1n) is 6.49. The van der Waals surface area contributed by atoms with Gasteiger partial charge < -0.3 is 14.6 Å². The van der Waals surface area contributed by atoms with E-state index in [2.05, 4.69) is 0 Å². The second-order valence-electron chi connectivity index (χ2n) is 4.31. The highest BCUT2D eigenvalue weighted by atomic mass is 19.1. The third-order valence-corrected chi connectivity index (χ3v) is 2.72. The number of aliphatic hydroxyl groups excluding tert-OH is 1. The Labute approximate surface area is 117 Å². The molecule has 0 aromatic heterocycles. The van der Waals surface area contributed by atoms with E-state index in [1.165, 1.54) is 12.1 Å². The fourth-order valence-electron chi connectivity index (χ4n) is 1.70. The number of halogens is 1. The van der Waals surface area contributed by atoms with Crippen LogP contribution < -0.4 is 9.47 Å². The summed E-state index contributed by atoms with van der Waals surface area (Å²) in [5.74, 6) is 1.11. The van der Waals surface area contributed by atoms with Crippen molar-refractivity contribution in [2.24, 2.45) is 0 Å². The lowest BCUT2D eigenvalue weighted by Gasteiger charge is -2.08. The van der Waals surface area contributed by atoms with Crippen LogP contribution in [0, 0.1) is 5.82 Å². The molecule has 0 saturated carbocycles. The van der Waals surface area contributed by atoms with Gasteiger partial charge in [0.25, 0.3) is 0 Å². The van der Waals surface area contributed by atoms with Gasteiger partial charge in [0.15, 0.2) is 0 Å². The smallest absolute Gasteiger partial charge is 0.123 e. The Balaban J connectivity index is 1.67. The van der Waals surface area contributed by atoms with Gasteiger partial charge in [-0.05, 0) is 42.0 Å². The summed E-state index contributed by atoms with van der Waals surface area (Å²) in [6, 6.07) is 13.3. The van der Waals surface area contributed by atoms with E-state index in [-0.39, 0.29) is 12.4 Å². The second-order valence-corrected chi connectivity index (χ2v) is 4.31. The molecule has 106 valence electrons. The second kappa shape index (κ2) is 7.50. The lowest BCUT2D eigenvalue weighted by molar-refractivity contribution is 0.246. The molecule has 2 aromatic rings. The molecule has 2 aromatic carbocycles. The van der Waals surface area contributed by atoms with Gasteiger partial charge in [-0.15, -0.1) is 0 Å². The SMILES string of the molecule is OCc1cccc(OCCCOc2ccc(F)cc2)c1. The Morgan fingerprint density at radius 3 is 2.30 bits per heavy atom. The maximum Gasteiger partial charge on any atom is 0.123 e. The van der Waals surface area contributed by atoms with Crippen LogP contribution in [0.5, 0.6) is 11.5 Å². The van der Waals surface area contributed by atoms with E-state index in [1.54, 1.807) is 18.2 Å². The lowest BCUT2D eigenvalue weighted by Crippen LogP contribution is -2.05. The molecule has 0 unspecified atom stereocenters. The zero-order valence-corrected chi connectivity index (χ0v) is 11.1. The number of hydrogen-bond acceptors (Lipinski definition) is 3. The Bertz CT molecular complexity index is 526. The molecule has 1 N–H and O–H groups in total. The highest BCUT2D eigenvalue weighted by Crippen LogP contribution is 2.14. The quantitative estimate of drug-likeness (QED) is 0.789. The summed E-state index contributed by atoms with van der Waals surface area (Å²) < 4.78 is 23.7. The molecule has 0 saturated heterocycles. The summed E-state index contributed by atoms with van der Waals surface area (Å²) in [4.78, 5) is 0. The van der Waals surface area contributed by atoms with E-state index in [4.69, 9.17) is 14.6 Å². The minimum absolute atomic E-state index is 0.00484. The minimum atomic E-state index is -0.274. The van der Waals surface area contributed by atoms with Crippen LogP contribution in [0.15, 0.2) is 48.5 Å². The molecule has 3 nitrogen and oxygen atoms in total. The largest absolute Gasteiger partial charge is 0.493 e. The standard InChI is InChI=1S/C16H17FO3/c17-14-5-7-15(8-6-14)19-9-2-10-20-16-4-1-3-13(11-16)12-18/h1,3-8,11,18H,2,9-10,12H2. The molecular formula is C16H17FO3. The van der Waals surface area contributed by atoms with Crippen LogP contribution in [0.1, 0.15) is 12.0 Å². The molecule has 0 aliphatic rings. The van der Waals surface area contributed by atoms with Crippen LogP contribution in [-0.4, -0.2) is 18.3 Å². The first kappa shape index (κ1) is 14.3. The average molecular weight is 276 g/mol. The third-order valence-electron chi connectivity index (χ3n) is 2.72. The molecule has 0 spiro atoms. The molecule has 2 rings (SSSR count). The van der Waals surface area contributed by atoms with Gasteiger partial charge >= 0.3 is 0 Å². The number of aliphatic hydroxyl groups is 1. The van der Waals surface area contributed by atoms with E-state index in [0.717, 1.165) is 17.7 Å². The fraction of sp³-hybridized carbons (Fsp3) is 0.250. The van der Waals surface area contributed by atoms with Gasteiger partial charge in [0.05, 0.1) is 19.8 Å². The van der Waals surface area contributed by atoms with Crippen LogP contribution in [0.2, 0.25) is 0 Å². The van der Waals surface area contributed by atoms with Gasteiger partial charge in [-0.25, -0.2) is 4.39 Å². The Morgan fingerprint density at radius 1 is 0.900 bits per heavy atom. The Hall–Kier alpha value is -2.07. The van der Waals surface area contributed by atoms with Crippen molar-refractivity contribution in [1.82, 2.24) is 0 Å². The van der Waals surface area contributed by atoms with Gasteiger partial charge in [-0.3, -0.25) is 0 Å². The Morgan fingerprint density at radius 2 is 1.60 bits per heavy atom. The molecule has 0 bridgehead atoms. The maximum atomic E-state index is 12.7. The lowest BCUT2D eigenvalue weighted by atomic mass is 10.2. The normalized spacial score (nSPS) is 10.3. The predicted molar refractivity (Wildman–Crippen MR) is 74.4 cm³/mol. The highest BCUT2D eigenvalue weighted by molar-refractivity contribution is 5.28. The molecule has 0 fully saturated rings. The van der Waals surface area contributed by atoms with E-state index in [1.807, 2.05) is 18.2 Å². The topological polar surface area (TPSA) is 38.7 Å². The average Bonchev–Trinajstić information content (AvgIpc) is 2.49. The summed E-state index contributed by atoms with van der Waals surface area (Å²) in [5, 5.41) is 9.02. The van der Waals surface area contributed by atoms with Crippen molar-refractivity contribution in [3.63, 3.8) is 0 Å². The van der Waals surface area contributed by atoms with Crippen molar-refractivity contribution in [2.45, 2.75) is 13.0 Å². The van der Waals surface area contributed by atoms with E-state index < -0.39 is 0 Å². The summed E-state index contributed by atoms with van der Waals surface area (Å²) in [7, 11) is 0. The monoisotopic (exact) mass is 276 g/mol. The van der Waals surface area contributed by atoms with Crippen molar-refractivity contribution in [1.29, 1.82) is 0 Å². The van der Waals surface area contributed by atoms with E-state index in [0.29, 0.717) is 19.0 Å². The minimum Gasteiger partial charge on any atom is -0.493 e. The molecular weight excluding hydrogens is 259 g/mol. The Kier molecular flexibility index (Phi) is 5.38. The first-order valence-corrected chi connectivity index (χ1v) is 6.49. The fourth-order valence-corrected chi connectivity index (χ4v) is 1.70. The molecule has 0 amide bonds. The summed E-state index contributed by atoms with van der Waals surface area (Å²) in [6.07, 6.45) is 0.723. The zero-order valence-electron chi connectivity index (χ0n) is 11.1. The van der Waals surface area contributed by atoms with Crippen molar-refractivity contribution >= 4 is 0 Å². The van der Waals surface area contributed by atoms with Crippen molar-refractivity contribution in [3.8, 4) is 11.5 Å². The highest BCUT2D eigenvalue weighted by Gasteiger charge is 1.97. The molecule has 4 heteroatoms. The van der Waals surface area contributed by atoms with Crippen LogP contribution in [0.3, 0.4) is 0 Å². The number of hydrogen-bond donors (Lipinski definition) is 1. The van der Waals surface area contributed by atoms with E-state index >= 15 is 0 Å². The first-order chi connectivity index (χ1) is 9.78.